The molecule has 0 amide bonds. The Morgan fingerprint density at radius 2 is 2.00 bits per heavy atom. The van der Waals surface area contributed by atoms with Crippen LogP contribution in [-0.4, -0.2) is 19.1 Å². The first-order valence-corrected chi connectivity index (χ1v) is 6.80. The molecule has 0 atom stereocenters. The molecule has 0 radical (unpaired) electrons. The van der Waals surface area contributed by atoms with Gasteiger partial charge in [-0.2, -0.15) is 5.26 Å². The van der Waals surface area contributed by atoms with Gasteiger partial charge in [0.05, 0.1) is 5.57 Å². The summed E-state index contributed by atoms with van der Waals surface area (Å²) in [6.45, 7) is 1.93. The first kappa shape index (κ1) is 13.3. The van der Waals surface area contributed by atoms with Gasteiger partial charge >= 0.3 is 0 Å². The van der Waals surface area contributed by atoms with Gasteiger partial charge in [-0.15, -0.1) is 11.3 Å². The van der Waals surface area contributed by atoms with Crippen molar-refractivity contribution in [3.8, 4) is 6.07 Å². The monoisotopic (exact) mass is 269 g/mol. The van der Waals surface area contributed by atoms with Gasteiger partial charge in [0.1, 0.15) is 11.1 Å². The minimum atomic E-state index is 0.607. The number of allylic oxidation sites excluding steroid dienone is 1. The molecule has 2 rings (SSSR count). The Hall–Kier alpha value is -2.12. The van der Waals surface area contributed by atoms with Gasteiger partial charge in [-0.25, -0.2) is 4.98 Å². The third kappa shape index (κ3) is 3.21. The standard InChI is InChI=1S/C15H15N3S/c1-11-10-19-15(17-11)13(9-16)8-12-4-6-14(7-5-12)18(2)3/h4-8,10H,1-3H3. The molecule has 0 aliphatic heterocycles. The fourth-order valence-corrected chi connectivity index (χ4v) is 2.42. The molecule has 0 spiro atoms. The van der Waals surface area contributed by atoms with Gasteiger partial charge in [0.15, 0.2) is 0 Å². The highest BCUT2D eigenvalue weighted by Crippen LogP contribution is 2.22. The van der Waals surface area contributed by atoms with Gasteiger partial charge in [-0.3, -0.25) is 0 Å². The van der Waals surface area contributed by atoms with Gasteiger partial charge in [0.25, 0.3) is 0 Å². The number of thiazole rings is 1. The molecule has 0 N–H and O–H groups in total. The number of hydrogen-bond donors (Lipinski definition) is 0. The van der Waals surface area contributed by atoms with Crippen molar-refractivity contribution < 1.29 is 0 Å². The summed E-state index contributed by atoms with van der Waals surface area (Å²) in [5.41, 5.74) is 3.70. The van der Waals surface area contributed by atoms with E-state index in [0.29, 0.717) is 5.57 Å². The van der Waals surface area contributed by atoms with E-state index in [2.05, 4.69) is 11.1 Å². The topological polar surface area (TPSA) is 39.9 Å². The first-order chi connectivity index (χ1) is 9.10. The highest BCUT2D eigenvalue weighted by atomic mass is 32.1. The van der Waals surface area contributed by atoms with Crippen LogP contribution in [0, 0.1) is 18.3 Å². The Balaban J connectivity index is 2.31. The smallest absolute Gasteiger partial charge is 0.134 e. The number of rotatable bonds is 3. The molecule has 1 aromatic heterocycles. The van der Waals surface area contributed by atoms with Crippen molar-refractivity contribution in [1.29, 1.82) is 5.26 Å². The van der Waals surface area contributed by atoms with E-state index in [4.69, 9.17) is 0 Å². The molecule has 0 unspecified atom stereocenters. The number of aromatic nitrogens is 1. The molecule has 0 aliphatic carbocycles. The molecule has 1 aromatic carbocycles. The van der Waals surface area contributed by atoms with Gasteiger partial charge in [0, 0.05) is 30.9 Å². The molecule has 1 heterocycles. The van der Waals surface area contributed by atoms with E-state index in [9.17, 15) is 5.26 Å². The Morgan fingerprint density at radius 1 is 1.32 bits per heavy atom. The Kier molecular flexibility index (Phi) is 3.98. The lowest BCUT2D eigenvalue weighted by Gasteiger charge is -2.11. The molecule has 0 saturated heterocycles. The molecule has 0 bridgehead atoms. The van der Waals surface area contributed by atoms with Crippen LogP contribution in [0.5, 0.6) is 0 Å². The van der Waals surface area contributed by atoms with Crippen molar-refractivity contribution in [3.05, 3.63) is 45.9 Å². The predicted octanol–water partition coefficient (Wildman–Crippen LogP) is 3.58. The lowest BCUT2D eigenvalue weighted by atomic mass is 10.1. The summed E-state index contributed by atoms with van der Waals surface area (Å²) in [6, 6.07) is 10.3. The van der Waals surface area contributed by atoms with E-state index >= 15 is 0 Å². The van der Waals surface area contributed by atoms with E-state index < -0.39 is 0 Å². The zero-order chi connectivity index (χ0) is 13.8. The molecule has 3 nitrogen and oxygen atoms in total. The van der Waals surface area contributed by atoms with Crippen molar-refractivity contribution in [2.24, 2.45) is 0 Å². The van der Waals surface area contributed by atoms with Crippen LogP contribution in [0.25, 0.3) is 11.6 Å². The van der Waals surface area contributed by atoms with Gasteiger partial charge < -0.3 is 4.90 Å². The minimum Gasteiger partial charge on any atom is -0.378 e. The zero-order valence-electron chi connectivity index (χ0n) is 11.2. The largest absolute Gasteiger partial charge is 0.378 e. The summed E-state index contributed by atoms with van der Waals surface area (Å²) in [4.78, 5) is 6.39. The Labute approximate surface area is 117 Å². The summed E-state index contributed by atoms with van der Waals surface area (Å²) in [7, 11) is 4.01. The fourth-order valence-electron chi connectivity index (χ4n) is 1.65. The highest BCUT2D eigenvalue weighted by molar-refractivity contribution is 7.11. The van der Waals surface area contributed by atoms with Crippen LogP contribution in [0.4, 0.5) is 5.69 Å². The normalized spacial score (nSPS) is 11.2. The Bertz CT molecular complexity index is 630. The van der Waals surface area contributed by atoms with Gasteiger partial charge in [0.2, 0.25) is 0 Å². The van der Waals surface area contributed by atoms with Crippen LogP contribution in [-0.2, 0) is 0 Å². The molecule has 0 saturated carbocycles. The van der Waals surface area contributed by atoms with Crippen molar-refractivity contribution in [2.45, 2.75) is 6.92 Å². The molecular formula is C15H15N3S. The third-order valence-corrected chi connectivity index (χ3v) is 3.68. The van der Waals surface area contributed by atoms with Crippen molar-refractivity contribution in [3.63, 3.8) is 0 Å². The van der Waals surface area contributed by atoms with Crippen LogP contribution in [0.3, 0.4) is 0 Å². The molecule has 0 aliphatic rings. The van der Waals surface area contributed by atoms with Crippen LogP contribution in [0.2, 0.25) is 0 Å². The maximum Gasteiger partial charge on any atom is 0.134 e. The van der Waals surface area contributed by atoms with Crippen molar-refractivity contribution in [1.82, 2.24) is 4.98 Å². The lowest BCUT2D eigenvalue weighted by Crippen LogP contribution is -2.07. The Morgan fingerprint density at radius 3 is 2.47 bits per heavy atom. The average molecular weight is 269 g/mol. The fraction of sp³-hybridized carbons (Fsp3) is 0.200. The summed E-state index contributed by atoms with van der Waals surface area (Å²) < 4.78 is 0. The third-order valence-electron chi connectivity index (χ3n) is 2.69. The SMILES string of the molecule is Cc1csc(C(C#N)=Cc2ccc(N(C)C)cc2)n1. The summed E-state index contributed by atoms with van der Waals surface area (Å²) in [5, 5.41) is 12.0. The van der Waals surface area contributed by atoms with Crippen LogP contribution in [0.1, 0.15) is 16.3 Å². The van der Waals surface area contributed by atoms with Crippen molar-refractivity contribution >= 4 is 28.7 Å². The number of benzene rings is 1. The second-order valence-electron chi connectivity index (χ2n) is 4.45. The maximum atomic E-state index is 9.23. The van der Waals surface area contributed by atoms with Crippen LogP contribution < -0.4 is 4.90 Å². The van der Waals surface area contributed by atoms with E-state index in [1.54, 1.807) is 0 Å². The quantitative estimate of drug-likeness (QED) is 0.800. The zero-order valence-corrected chi connectivity index (χ0v) is 12.0. The summed E-state index contributed by atoms with van der Waals surface area (Å²) in [5.74, 6) is 0. The highest BCUT2D eigenvalue weighted by Gasteiger charge is 2.05. The molecule has 2 aromatic rings. The second-order valence-corrected chi connectivity index (χ2v) is 5.31. The van der Waals surface area contributed by atoms with Gasteiger partial charge in [-0.05, 0) is 30.7 Å². The molecule has 4 heteroatoms. The van der Waals surface area contributed by atoms with Crippen molar-refractivity contribution in [2.75, 3.05) is 19.0 Å². The van der Waals surface area contributed by atoms with E-state index in [0.717, 1.165) is 22.0 Å². The maximum absolute atomic E-state index is 9.23. The number of anilines is 1. The second kappa shape index (κ2) is 5.68. The van der Waals surface area contributed by atoms with E-state index in [1.807, 2.05) is 61.6 Å². The number of aryl methyl sites for hydroxylation is 1. The lowest BCUT2D eigenvalue weighted by molar-refractivity contribution is 1.13. The summed E-state index contributed by atoms with van der Waals surface area (Å²) in [6.07, 6.45) is 1.87. The number of nitrogens with zero attached hydrogens (tertiary/aromatic N) is 3. The summed E-state index contributed by atoms with van der Waals surface area (Å²) >= 11 is 1.50. The van der Waals surface area contributed by atoms with Crippen LogP contribution >= 0.6 is 11.3 Å². The molecular weight excluding hydrogens is 254 g/mol. The van der Waals surface area contributed by atoms with Crippen LogP contribution in [0.15, 0.2) is 29.6 Å². The average Bonchev–Trinajstić information content (AvgIpc) is 2.83. The van der Waals surface area contributed by atoms with E-state index in [-0.39, 0.29) is 0 Å². The molecule has 19 heavy (non-hydrogen) atoms. The van der Waals surface area contributed by atoms with Gasteiger partial charge in [-0.1, -0.05) is 12.1 Å². The molecule has 0 fully saturated rings. The minimum absolute atomic E-state index is 0.607. The predicted molar refractivity (Wildman–Crippen MR) is 81.1 cm³/mol. The number of nitriles is 1. The first-order valence-electron chi connectivity index (χ1n) is 5.92. The molecule has 96 valence electrons. The number of hydrogen-bond acceptors (Lipinski definition) is 4. The van der Waals surface area contributed by atoms with E-state index in [1.165, 1.54) is 11.3 Å².